The molecule has 0 radical (unpaired) electrons. The Labute approximate surface area is 253 Å². The van der Waals surface area contributed by atoms with Gasteiger partial charge in [0.25, 0.3) is 10.0 Å². The summed E-state index contributed by atoms with van der Waals surface area (Å²) in [6, 6.07) is 14.3. The van der Waals surface area contributed by atoms with Gasteiger partial charge < -0.3 is 10.2 Å². The number of nitrogens with zero attached hydrogens (tertiary/aromatic N) is 2. The molecule has 0 fully saturated rings. The third-order valence-corrected chi connectivity index (χ3v) is 8.93. The van der Waals surface area contributed by atoms with Crippen molar-refractivity contribution in [2.45, 2.75) is 50.3 Å². The second kappa shape index (κ2) is 14.3. The summed E-state index contributed by atoms with van der Waals surface area (Å²) >= 11 is 12.2. The Morgan fingerprint density at radius 3 is 2.26 bits per heavy atom. The maximum absolute atomic E-state index is 13.9. The van der Waals surface area contributed by atoms with Crippen LogP contribution in [0.25, 0.3) is 0 Å². The average molecular weight is 645 g/mol. The molecule has 3 aromatic carbocycles. The lowest BCUT2D eigenvalue weighted by Crippen LogP contribution is -2.51. The van der Waals surface area contributed by atoms with Gasteiger partial charge in [-0.2, -0.15) is 13.2 Å². The number of carbonyl (C=O) groups excluding carboxylic acids is 2. The number of sulfonamides is 1. The van der Waals surface area contributed by atoms with E-state index in [0.717, 1.165) is 23.5 Å². The standard InChI is InChI=1S/C29H30Cl2F3N3O4S/c1-3-4-15-35-28(39)20(2)36(18-21-13-14-25(30)26(31)16-21)27(38)19-37(42(40,41)24-11-6-5-7-12-24)23-10-8-9-22(17-23)29(32,33)34/h5-14,16-17,20H,3-4,15,18-19H2,1-2H3,(H,35,39)/t20-/m0/s1. The van der Waals surface area contributed by atoms with Crippen LogP contribution in [0.15, 0.2) is 77.7 Å². The summed E-state index contributed by atoms with van der Waals surface area (Å²) in [5.74, 6) is -1.30. The predicted molar refractivity (Wildman–Crippen MR) is 157 cm³/mol. The minimum Gasteiger partial charge on any atom is -0.354 e. The normalized spacial score (nSPS) is 12.5. The van der Waals surface area contributed by atoms with E-state index in [1.54, 1.807) is 12.1 Å². The van der Waals surface area contributed by atoms with Crippen LogP contribution in [0.3, 0.4) is 0 Å². The molecule has 0 aliphatic carbocycles. The van der Waals surface area contributed by atoms with E-state index in [4.69, 9.17) is 23.2 Å². The predicted octanol–water partition coefficient (Wildman–Crippen LogP) is 6.54. The molecular formula is C29H30Cl2F3N3O4S. The number of hydrogen-bond acceptors (Lipinski definition) is 4. The van der Waals surface area contributed by atoms with Gasteiger partial charge in [-0.05, 0) is 61.4 Å². The molecule has 3 aromatic rings. The third kappa shape index (κ3) is 8.39. The topological polar surface area (TPSA) is 86.8 Å². The zero-order valence-corrected chi connectivity index (χ0v) is 25.2. The third-order valence-electron chi connectivity index (χ3n) is 6.41. The monoisotopic (exact) mass is 643 g/mol. The summed E-state index contributed by atoms with van der Waals surface area (Å²) < 4.78 is 68.8. The van der Waals surface area contributed by atoms with Gasteiger partial charge in [-0.3, -0.25) is 13.9 Å². The summed E-state index contributed by atoms with van der Waals surface area (Å²) in [6.45, 7) is 2.77. The van der Waals surface area contributed by atoms with Crippen molar-refractivity contribution >= 4 is 50.7 Å². The lowest BCUT2D eigenvalue weighted by Gasteiger charge is -2.32. The van der Waals surface area contributed by atoms with Crippen molar-refractivity contribution in [1.29, 1.82) is 0 Å². The largest absolute Gasteiger partial charge is 0.416 e. The molecule has 0 bridgehead atoms. The van der Waals surface area contributed by atoms with Crippen LogP contribution < -0.4 is 9.62 Å². The SMILES string of the molecule is CCCCNC(=O)[C@H](C)N(Cc1ccc(Cl)c(Cl)c1)C(=O)CN(c1cccc(C(F)(F)F)c1)S(=O)(=O)c1ccccc1. The molecule has 3 rings (SSSR count). The van der Waals surface area contributed by atoms with Crippen molar-refractivity contribution in [2.75, 3.05) is 17.4 Å². The van der Waals surface area contributed by atoms with E-state index in [0.29, 0.717) is 28.9 Å². The average Bonchev–Trinajstić information content (AvgIpc) is 2.96. The summed E-state index contributed by atoms with van der Waals surface area (Å²) in [6.07, 6.45) is -3.23. The number of carbonyl (C=O) groups is 2. The number of hydrogen-bond donors (Lipinski definition) is 1. The summed E-state index contributed by atoms with van der Waals surface area (Å²) in [5.41, 5.74) is -0.948. The molecule has 0 heterocycles. The minimum absolute atomic E-state index is 0.153. The zero-order valence-electron chi connectivity index (χ0n) is 22.9. The van der Waals surface area contributed by atoms with Crippen molar-refractivity contribution in [1.82, 2.24) is 10.2 Å². The Bertz CT molecular complexity index is 1510. The van der Waals surface area contributed by atoms with Gasteiger partial charge in [0.15, 0.2) is 0 Å². The van der Waals surface area contributed by atoms with Crippen LogP contribution in [0.4, 0.5) is 18.9 Å². The van der Waals surface area contributed by atoms with E-state index < -0.39 is 46.2 Å². The van der Waals surface area contributed by atoms with Gasteiger partial charge in [-0.1, -0.05) is 66.9 Å². The molecule has 226 valence electrons. The van der Waals surface area contributed by atoms with Crippen molar-refractivity contribution < 1.29 is 31.2 Å². The van der Waals surface area contributed by atoms with E-state index in [-0.39, 0.29) is 27.2 Å². The molecule has 0 saturated carbocycles. The fourth-order valence-corrected chi connectivity index (χ4v) is 5.79. The van der Waals surface area contributed by atoms with Crippen LogP contribution in [0, 0.1) is 0 Å². The van der Waals surface area contributed by atoms with Crippen molar-refractivity contribution in [3.8, 4) is 0 Å². The number of benzene rings is 3. The first-order valence-electron chi connectivity index (χ1n) is 13.0. The highest BCUT2D eigenvalue weighted by atomic mass is 35.5. The van der Waals surface area contributed by atoms with E-state index in [1.165, 1.54) is 49.4 Å². The maximum atomic E-state index is 13.9. The van der Waals surface area contributed by atoms with Crippen LogP contribution in [0.5, 0.6) is 0 Å². The van der Waals surface area contributed by atoms with Crippen LogP contribution in [0.2, 0.25) is 10.0 Å². The molecule has 0 aliphatic heterocycles. The van der Waals surface area contributed by atoms with Gasteiger partial charge in [-0.25, -0.2) is 8.42 Å². The quantitative estimate of drug-likeness (QED) is 0.227. The van der Waals surface area contributed by atoms with Gasteiger partial charge in [0.2, 0.25) is 11.8 Å². The van der Waals surface area contributed by atoms with Crippen molar-refractivity contribution in [3.63, 3.8) is 0 Å². The van der Waals surface area contributed by atoms with Crippen LogP contribution in [0.1, 0.15) is 37.8 Å². The van der Waals surface area contributed by atoms with Crippen molar-refractivity contribution in [3.05, 3.63) is 94.0 Å². The highest BCUT2D eigenvalue weighted by Crippen LogP contribution is 2.33. The summed E-state index contributed by atoms with van der Waals surface area (Å²) in [7, 11) is -4.51. The first-order valence-corrected chi connectivity index (χ1v) is 15.2. The number of halogens is 5. The van der Waals surface area contributed by atoms with E-state index in [9.17, 15) is 31.2 Å². The Morgan fingerprint density at radius 2 is 1.64 bits per heavy atom. The van der Waals surface area contributed by atoms with Crippen LogP contribution in [-0.4, -0.2) is 44.3 Å². The number of unbranched alkanes of at least 4 members (excludes halogenated alkanes) is 1. The summed E-state index contributed by atoms with van der Waals surface area (Å²) in [5, 5.41) is 3.23. The lowest BCUT2D eigenvalue weighted by molar-refractivity contribution is -0.139. The number of rotatable bonds is 12. The number of alkyl halides is 3. The lowest BCUT2D eigenvalue weighted by atomic mass is 10.1. The molecule has 1 N–H and O–H groups in total. The van der Waals surface area contributed by atoms with Crippen LogP contribution in [-0.2, 0) is 32.3 Å². The Morgan fingerprint density at radius 1 is 0.952 bits per heavy atom. The zero-order chi connectivity index (χ0) is 31.1. The Balaban J connectivity index is 2.06. The van der Waals surface area contributed by atoms with Gasteiger partial charge in [0, 0.05) is 13.1 Å². The van der Waals surface area contributed by atoms with E-state index >= 15 is 0 Å². The van der Waals surface area contributed by atoms with Gasteiger partial charge in [0.05, 0.1) is 26.2 Å². The fourth-order valence-electron chi connectivity index (χ4n) is 4.04. The highest BCUT2D eigenvalue weighted by molar-refractivity contribution is 7.92. The molecular weight excluding hydrogens is 614 g/mol. The highest BCUT2D eigenvalue weighted by Gasteiger charge is 2.35. The first-order chi connectivity index (χ1) is 19.8. The van der Waals surface area contributed by atoms with Gasteiger partial charge >= 0.3 is 6.18 Å². The first kappa shape index (κ1) is 33.2. The molecule has 42 heavy (non-hydrogen) atoms. The molecule has 1 atom stereocenters. The second-order valence-corrected chi connectivity index (χ2v) is 12.1. The molecule has 0 aliphatic rings. The second-order valence-electron chi connectivity index (χ2n) is 9.46. The van der Waals surface area contributed by atoms with E-state index in [2.05, 4.69) is 5.32 Å². The molecule has 13 heteroatoms. The van der Waals surface area contributed by atoms with Gasteiger partial charge in [-0.15, -0.1) is 0 Å². The molecule has 0 aromatic heterocycles. The van der Waals surface area contributed by atoms with Crippen LogP contribution >= 0.6 is 23.2 Å². The maximum Gasteiger partial charge on any atom is 0.416 e. The van der Waals surface area contributed by atoms with Gasteiger partial charge in [0.1, 0.15) is 12.6 Å². The Hall–Kier alpha value is -3.28. The molecule has 0 saturated heterocycles. The Kier molecular flexibility index (Phi) is 11.3. The molecule has 0 spiro atoms. The number of amides is 2. The number of nitrogens with one attached hydrogen (secondary N) is 1. The molecule has 0 unspecified atom stereocenters. The van der Waals surface area contributed by atoms with E-state index in [1.807, 2.05) is 6.92 Å². The smallest absolute Gasteiger partial charge is 0.354 e. The minimum atomic E-state index is -4.76. The molecule has 7 nitrogen and oxygen atoms in total. The summed E-state index contributed by atoms with van der Waals surface area (Å²) in [4.78, 5) is 27.8. The fraction of sp³-hybridized carbons (Fsp3) is 0.310. The number of anilines is 1. The molecule has 2 amide bonds. The van der Waals surface area contributed by atoms with Crippen molar-refractivity contribution in [2.24, 2.45) is 0 Å².